The van der Waals surface area contributed by atoms with E-state index in [0.717, 1.165) is 17.5 Å². The Kier molecular flexibility index (Phi) is 3.86. The maximum Gasteiger partial charge on any atom is 0.168 e. The molecule has 0 radical (unpaired) electrons. The Labute approximate surface area is 123 Å². The van der Waals surface area contributed by atoms with E-state index in [1.807, 2.05) is 54.6 Å². The lowest BCUT2D eigenvalue weighted by Gasteiger charge is -2.18. The summed E-state index contributed by atoms with van der Waals surface area (Å²) in [7, 11) is 0. The first kappa shape index (κ1) is 13.3. The second-order valence-corrected chi connectivity index (χ2v) is 5.40. The lowest BCUT2D eigenvalue weighted by atomic mass is 9.88. The van der Waals surface area contributed by atoms with Crippen LogP contribution >= 0.6 is 11.6 Å². The average Bonchev–Trinajstić information content (AvgIpc) is 2.97. The first-order valence-corrected chi connectivity index (χ1v) is 7.10. The minimum atomic E-state index is -0.167. The number of benzene rings is 2. The number of ketones is 1. The van der Waals surface area contributed by atoms with Gasteiger partial charge in [0.15, 0.2) is 5.78 Å². The van der Waals surface area contributed by atoms with Gasteiger partial charge in [-0.1, -0.05) is 54.1 Å². The van der Waals surface area contributed by atoms with Crippen molar-refractivity contribution in [1.82, 2.24) is 0 Å². The molecular formula is C17H15ClO2. The lowest BCUT2D eigenvalue weighted by Crippen LogP contribution is -2.18. The summed E-state index contributed by atoms with van der Waals surface area (Å²) >= 11 is 5.91. The summed E-state index contributed by atoms with van der Waals surface area (Å²) in [6, 6.07) is 17.0. The Morgan fingerprint density at radius 3 is 2.45 bits per heavy atom. The van der Waals surface area contributed by atoms with Gasteiger partial charge in [-0.15, -0.1) is 0 Å². The van der Waals surface area contributed by atoms with Gasteiger partial charge in [0.2, 0.25) is 0 Å². The highest BCUT2D eigenvalue weighted by Gasteiger charge is 2.35. The summed E-state index contributed by atoms with van der Waals surface area (Å²) < 4.78 is 5.77. The van der Waals surface area contributed by atoms with Gasteiger partial charge < -0.3 is 4.74 Å². The Balaban J connectivity index is 1.86. The van der Waals surface area contributed by atoms with Crippen LogP contribution in [-0.4, -0.2) is 12.4 Å². The zero-order chi connectivity index (χ0) is 13.9. The van der Waals surface area contributed by atoms with Gasteiger partial charge in [0.25, 0.3) is 0 Å². The van der Waals surface area contributed by atoms with Gasteiger partial charge in [0.05, 0.1) is 12.0 Å². The number of carbonyl (C=O) groups excluding carboxylic acids is 1. The maximum absolute atomic E-state index is 12.6. The molecule has 1 saturated heterocycles. The van der Waals surface area contributed by atoms with E-state index in [0.29, 0.717) is 11.6 Å². The summed E-state index contributed by atoms with van der Waals surface area (Å²) in [4.78, 5) is 12.6. The quantitative estimate of drug-likeness (QED) is 0.786. The van der Waals surface area contributed by atoms with Gasteiger partial charge in [0, 0.05) is 17.2 Å². The molecular weight excluding hydrogens is 272 g/mol. The molecule has 0 N–H and O–H groups in total. The summed E-state index contributed by atoms with van der Waals surface area (Å²) in [5.74, 6) is 0.0432. The fourth-order valence-corrected chi connectivity index (χ4v) is 2.78. The zero-order valence-corrected chi connectivity index (χ0v) is 11.7. The van der Waals surface area contributed by atoms with Crippen LogP contribution in [0.1, 0.15) is 28.4 Å². The van der Waals surface area contributed by atoms with Crippen LogP contribution in [0.15, 0.2) is 54.6 Å². The third-order valence-corrected chi connectivity index (χ3v) is 3.94. The van der Waals surface area contributed by atoms with Crippen LogP contribution in [0.4, 0.5) is 0 Å². The Morgan fingerprint density at radius 1 is 1.05 bits per heavy atom. The van der Waals surface area contributed by atoms with Gasteiger partial charge >= 0.3 is 0 Å². The number of halogens is 1. The molecule has 3 rings (SSSR count). The SMILES string of the molecule is O=C(c1ccccc1)C1CCOC1c1ccc(Cl)cc1. The van der Waals surface area contributed by atoms with E-state index < -0.39 is 0 Å². The summed E-state index contributed by atoms with van der Waals surface area (Å²) in [6.45, 7) is 0.622. The summed E-state index contributed by atoms with van der Waals surface area (Å²) in [5.41, 5.74) is 1.77. The summed E-state index contributed by atoms with van der Waals surface area (Å²) in [6.07, 6.45) is 0.598. The predicted octanol–water partition coefficient (Wildman–Crippen LogP) is 4.30. The van der Waals surface area contributed by atoms with Crippen LogP contribution in [0.5, 0.6) is 0 Å². The molecule has 102 valence electrons. The summed E-state index contributed by atoms with van der Waals surface area (Å²) in [5, 5.41) is 0.692. The van der Waals surface area contributed by atoms with Gasteiger partial charge in [-0.25, -0.2) is 0 Å². The molecule has 2 aromatic carbocycles. The third kappa shape index (κ3) is 2.62. The first-order valence-electron chi connectivity index (χ1n) is 6.72. The minimum Gasteiger partial charge on any atom is -0.373 e. The fraction of sp³-hybridized carbons (Fsp3) is 0.235. The fourth-order valence-electron chi connectivity index (χ4n) is 2.66. The normalized spacial score (nSPS) is 21.9. The molecule has 2 nitrogen and oxygen atoms in total. The van der Waals surface area contributed by atoms with Crippen molar-refractivity contribution in [3.63, 3.8) is 0 Å². The first-order chi connectivity index (χ1) is 9.75. The van der Waals surface area contributed by atoms with Crippen LogP contribution < -0.4 is 0 Å². The van der Waals surface area contributed by atoms with E-state index in [9.17, 15) is 4.79 Å². The topological polar surface area (TPSA) is 26.3 Å². The van der Waals surface area contributed by atoms with Crippen molar-refractivity contribution in [3.8, 4) is 0 Å². The molecule has 0 aromatic heterocycles. The highest BCUT2D eigenvalue weighted by Crippen LogP contribution is 2.36. The Bertz CT molecular complexity index is 592. The molecule has 3 heteroatoms. The molecule has 1 fully saturated rings. The average molecular weight is 287 g/mol. The maximum atomic E-state index is 12.6. The number of ether oxygens (including phenoxy) is 1. The molecule has 0 amide bonds. The molecule has 2 unspecified atom stereocenters. The number of Topliss-reactive ketones (excluding diaryl/α,β-unsaturated/α-hetero) is 1. The lowest BCUT2D eigenvalue weighted by molar-refractivity contribution is 0.0701. The van der Waals surface area contributed by atoms with E-state index in [-0.39, 0.29) is 17.8 Å². The number of hydrogen-bond acceptors (Lipinski definition) is 2. The van der Waals surface area contributed by atoms with Crippen LogP contribution in [-0.2, 0) is 4.74 Å². The van der Waals surface area contributed by atoms with Gasteiger partial charge in [-0.3, -0.25) is 4.79 Å². The van der Waals surface area contributed by atoms with Gasteiger partial charge in [0.1, 0.15) is 0 Å². The van der Waals surface area contributed by atoms with Crippen molar-refractivity contribution in [2.75, 3.05) is 6.61 Å². The highest BCUT2D eigenvalue weighted by molar-refractivity contribution is 6.30. The van der Waals surface area contributed by atoms with E-state index in [1.54, 1.807) is 0 Å². The predicted molar refractivity (Wildman–Crippen MR) is 79.0 cm³/mol. The molecule has 1 aliphatic rings. The molecule has 2 atom stereocenters. The molecule has 0 bridgehead atoms. The van der Waals surface area contributed by atoms with E-state index in [1.165, 1.54) is 0 Å². The van der Waals surface area contributed by atoms with Crippen molar-refractivity contribution in [1.29, 1.82) is 0 Å². The van der Waals surface area contributed by atoms with Crippen molar-refractivity contribution < 1.29 is 9.53 Å². The van der Waals surface area contributed by atoms with Gasteiger partial charge in [-0.05, 0) is 24.1 Å². The van der Waals surface area contributed by atoms with Crippen molar-refractivity contribution in [3.05, 3.63) is 70.7 Å². The Hall–Kier alpha value is -1.64. The molecule has 2 aromatic rings. The largest absolute Gasteiger partial charge is 0.373 e. The van der Waals surface area contributed by atoms with E-state index in [2.05, 4.69) is 0 Å². The minimum absolute atomic E-state index is 0.112. The van der Waals surface area contributed by atoms with Crippen LogP contribution in [0.2, 0.25) is 5.02 Å². The van der Waals surface area contributed by atoms with Crippen molar-refractivity contribution in [2.24, 2.45) is 5.92 Å². The smallest absolute Gasteiger partial charge is 0.168 e. The van der Waals surface area contributed by atoms with Crippen molar-refractivity contribution in [2.45, 2.75) is 12.5 Å². The molecule has 0 aliphatic carbocycles. The number of carbonyl (C=O) groups is 1. The molecule has 1 aliphatic heterocycles. The number of rotatable bonds is 3. The van der Waals surface area contributed by atoms with Crippen LogP contribution in [0.25, 0.3) is 0 Å². The van der Waals surface area contributed by atoms with Gasteiger partial charge in [-0.2, -0.15) is 0 Å². The van der Waals surface area contributed by atoms with Crippen LogP contribution in [0.3, 0.4) is 0 Å². The molecule has 1 heterocycles. The standard InChI is InChI=1S/C17H15ClO2/c18-14-8-6-13(7-9-14)17-15(10-11-20-17)16(19)12-4-2-1-3-5-12/h1-9,15,17H,10-11H2. The second-order valence-electron chi connectivity index (χ2n) is 4.97. The molecule has 20 heavy (non-hydrogen) atoms. The Morgan fingerprint density at radius 2 is 1.75 bits per heavy atom. The third-order valence-electron chi connectivity index (χ3n) is 3.69. The molecule has 0 spiro atoms. The van der Waals surface area contributed by atoms with Crippen LogP contribution in [0, 0.1) is 5.92 Å². The van der Waals surface area contributed by atoms with Crippen molar-refractivity contribution >= 4 is 17.4 Å². The van der Waals surface area contributed by atoms with E-state index >= 15 is 0 Å². The second kappa shape index (κ2) is 5.78. The molecule has 0 saturated carbocycles. The number of hydrogen-bond donors (Lipinski definition) is 0. The zero-order valence-electron chi connectivity index (χ0n) is 11.0. The monoisotopic (exact) mass is 286 g/mol. The van der Waals surface area contributed by atoms with E-state index in [4.69, 9.17) is 16.3 Å². The highest BCUT2D eigenvalue weighted by atomic mass is 35.5.